The van der Waals surface area contributed by atoms with Crippen molar-refractivity contribution in [3.63, 3.8) is 0 Å². The molecular weight excluding hydrogens is 256 g/mol. The molecule has 126 valence electrons. The van der Waals surface area contributed by atoms with Crippen LogP contribution in [0.15, 0.2) is 0 Å². The zero-order chi connectivity index (χ0) is 16.3. The molecule has 0 aromatic rings. The Balaban J connectivity index is 2.48. The molecule has 0 radical (unpaired) electrons. The molecule has 1 heterocycles. The number of rotatable bonds is 5. The number of hydrogen-bond acceptors (Lipinski definition) is 2. The van der Waals surface area contributed by atoms with Crippen molar-refractivity contribution in [1.82, 2.24) is 10.2 Å². The predicted octanol–water partition coefficient (Wildman–Crippen LogP) is 4.55. The first-order chi connectivity index (χ1) is 9.45. The first-order valence-electron chi connectivity index (χ1n) is 8.93. The molecular formula is C19H40N2. The van der Waals surface area contributed by atoms with E-state index in [4.69, 9.17) is 0 Å². The number of nitrogens with one attached hydrogen (secondary N) is 1. The summed E-state index contributed by atoms with van der Waals surface area (Å²) in [6, 6.07) is 0. The smallest absolute Gasteiger partial charge is 0.00967 e. The normalized spacial score (nSPS) is 22.3. The number of nitrogens with zero attached hydrogens (tertiary/aromatic N) is 1. The van der Waals surface area contributed by atoms with Gasteiger partial charge in [0, 0.05) is 18.6 Å². The lowest BCUT2D eigenvalue weighted by molar-refractivity contribution is 0.0751. The Morgan fingerprint density at radius 2 is 1.48 bits per heavy atom. The van der Waals surface area contributed by atoms with Crippen LogP contribution in [0.4, 0.5) is 0 Å². The molecule has 1 aliphatic heterocycles. The fraction of sp³-hybridized carbons (Fsp3) is 1.00. The van der Waals surface area contributed by atoms with Crippen LogP contribution in [0, 0.1) is 16.7 Å². The molecule has 0 aromatic carbocycles. The second-order valence-corrected chi connectivity index (χ2v) is 9.68. The van der Waals surface area contributed by atoms with Gasteiger partial charge in [-0.2, -0.15) is 0 Å². The quantitative estimate of drug-likeness (QED) is 0.800. The molecule has 0 saturated carbocycles. The lowest BCUT2D eigenvalue weighted by Crippen LogP contribution is -2.49. The van der Waals surface area contributed by atoms with Crippen molar-refractivity contribution in [2.75, 3.05) is 26.2 Å². The average molecular weight is 297 g/mol. The maximum absolute atomic E-state index is 3.71. The van der Waals surface area contributed by atoms with Gasteiger partial charge >= 0.3 is 0 Å². The minimum Gasteiger partial charge on any atom is -0.311 e. The van der Waals surface area contributed by atoms with E-state index in [2.05, 4.69) is 65.6 Å². The Hall–Kier alpha value is -0.0800. The summed E-state index contributed by atoms with van der Waals surface area (Å²) in [6.45, 7) is 23.7. The van der Waals surface area contributed by atoms with Crippen molar-refractivity contribution in [3.8, 4) is 0 Å². The molecule has 1 unspecified atom stereocenters. The molecule has 0 bridgehead atoms. The van der Waals surface area contributed by atoms with Crippen LogP contribution in [0.3, 0.4) is 0 Å². The van der Waals surface area contributed by atoms with E-state index in [0.717, 1.165) is 12.5 Å². The Morgan fingerprint density at radius 1 is 0.952 bits per heavy atom. The van der Waals surface area contributed by atoms with Crippen LogP contribution in [0.2, 0.25) is 0 Å². The largest absolute Gasteiger partial charge is 0.311 e. The van der Waals surface area contributed by atoms with Gasteiger partial charge in [0.15, 0.2) is 0 Å². The minimum atomic E-state index is 0.218. The summed E-state index contributed by atoms with van der Waals surface area (Å²) in [5.74, 6) is 0.898. The Morgan fingerprint density at radius 3 is 1.86 bits per heavy atom. The van der Waals surface area contributed by atoms with Crippen LogP contribution in [0.25, 0.3) is 0 Å². The highest BCUT2D eigenvalue weighted by Crippen LogP contribution is 2.35. The molecule has 1 N–H and O–H groups in total. The Bertz CT molecular complexity index is 303. The number of piperidine rings is 1. The number of likely N-dealkylation sites (tertiary alicyclic amines) is 1. The summed E-state index contributed by atoms with van der Waals surface area (Å²) in [6.07, 6.45) is 3.99. The van der Waals surface area contributed by atoms with Crippen molar-refractivity contribution in [2.45, 2.75) is 80.2 Å². The van der Waals surface area contributed by atoms with Gasteiger partial charge in [-0.05, 0) is 69.9 Å². The number of hydrogen-bond donors (Lipinski definition) is 1. The molecule has 1 saturated heterocycles. The topological polar surface area (TPSA) is 15.3 Å². The standard InChI is InChI=1S/C19H40N2/c1-9-19(8,14-20-18(5,6)7)15-21-12-10-16(11-13-21)17(2,3)4/h16,20H,9-15H2,1-8H3. The van der Waals surface area contributed by atoms with Crippen molar-refractivity contribution in [3.05, 3.63) is 0 Å². The molecule has 1 fully saturated rings. The van der Waals surface area contributed by atoms with E-state index in [0.29, 0.717) is 10.8 Å². The van der Waals surface area contributed by atoms with Crippen molar-refractivity contribution < 1.29 is 0 Å². The summed E-state index contributed by atoms with van der Waals surface area (Å²) < 4.78 is 0. The van der Waals surface area contributed by atoms with E-state index in [1.807, 2.05) is 0 Å². The molecule has 1 rings (SSSR count). The molecule has 1 atom stereocenters. The van der Waals surface area contributed by atoms with Crippen LogP contribution in [0.1, 0.15) is 74.7 Å². The highest BCUT2D eigenvalue weighted by Gasteiger charge is 2.32. The van der Waals surface area contributed by atoms with Gasteiger partial charge in [0.1, 0.15) is 0 Å². The van der Waals surface area contributed by atoms with Crippen molar-refractivity contribution in [1.29, 1.82) is 0 Å². The van der Waals surface area contributed by atoms with E-state index in [-0.39, 0.29) is 5.54 Å². The fourth-order valence-electron chi connectivity index (χ4n) is 3.27. The van der Waals surface area contributed by atoms with Gasteiger partial charge in [0.05, 0.1) is 0 Å². The van der Waals surface area contributed by atoms with Gasteiger partial charge < -0.3 is 10.2 Å². The third kappa shape index (κ3) is 6.69. The predicted molar refractivity (Wildman–Crippen MR) is 94.8 cm³/mol. The van der Waals surface area contributed by atoms with Gasteiger partial charge in [-0.1, -0.05) is 34.6 Å². The highest BCUT2D eigenvalue weighted by atomic mass is 15.1. The molecule has 2 heteroatoms. The summed E-state index contributed by atoms with van der Waals surface area (Å²) in [5.41, 5.74) is 1.09. The summed E-state index contributed by atoms with van der Waals surface area (Å²) >= 11 is 0. The third-order valence-corrected chi connectivity index (χ3v) is 5.32. The van der Waals surface area contributed by atoms with Gasteiger partial charge in [-0.25, -0.2) is 0 Å². The zero-order valence-corrected chi connectivity index (χ0v) is 16.0. The van der Waals surface area contributed by atoms with Crippen LogP contribution in [0.5, 0.6) is 0 Å². The van der Waals surface area contributed by atoms with E-state index in [1.54, 1.807) is 0 Å². The van der Waals surface area contributed by atoms with Crippen molar-refractivity contribution >= 4 is 0 Å². The third-order valence-electron chi connectivity index (χ3n) is 5.32. The lowest BCUT2D eigenvalue weighted by Gasteiger charge is -2.43. The maximum Gasteiger partial charge on any atom is 0.00967 e. The molecule has 0 aromatic heterocycles. The second kappa shape index (κ2) is 7.00. The molecule has 0 aliphatic carbocycles. The average Bonchev–Trinajstić information content (AvgIpc) is 2.35. The van der Waals surface area contributed by atoms with Gasteiger partial charge in [-0.3, -0.25) is 0 Å². The van der Waals surface area contributed by atoms with E-state index in [9.17, 15) is 0 Å². The molecule has 2 nitrogen and oxygen atoms in total. The van der Waals surface area contributed by atoms with Crippen LogP contribution < -0.4 is 5.32 Å². The summed E-state index contributed by atoms with van der Waals surface area (Å²) in [5, 5.41) is 3.71. The van der Waals surface area contributed by atoms with Gasteiger partial charge in [-0.15, -0.1) is 0 Å². The van der Waals surface area contributed by atoms with Crippen molar-refractivity contribution in [2.24, 2.45) is 16.7 Å². The SMILES string of the molecule is CCC(C)(CNC(C)(C)C)CN1CCC(C(C)(C)C)CC1. The molecule has 1 aliphatic rings. The highest BCUT2D eigenvalue weighted by molar-refractivity contribution is 4.86. The van der Waals surface area contributed by atoms with Gasteiger partial charge in [0.25, 0.3) is 0 Å². The first-order valence-corrected chi connectivity index (χ1v) is 8.93. The second-order valence-electron chi connectivity index (χ2n) is 9.68. The summed E-state index contributed by atoms with van der Waals surface area (Å²) in [4.78, 5) is 2.70. The molecule has 0 spiro atoms. The zero-order valence-electron chi connectivity index (χ0n) is 16.0. The van der Waals surface area contributed by atoms with E-state index in [1.165, 1.54) is 38.9 Å². The molecule has 0 amide bonds. The molecule has 21 heavy (non-hydrogen) atoms. The minimum absolute atomic E-state index is 0.218. The Kier molecular flexibility index (Phi) is 6.32. The fourth-order valence-corrected chi connectivity index (χ4v) is 3.27. The van der Waals surface area contributed by atoms with E-state index >= 15 is 0 Å². The maximum atomic E-state index is 3.71. The van der Waals surface area contributed by atoms with Crippen LogP contribution in [-0.4, -0.2) is 36.6 Å². The first kappa shape index (κ1) is 19.0. The van der Waals surface area contributed by atoms with Gasteiger partial charge in [0.2, 0.25) is 0 Å². The van der Waals surface area contributed by atoms with Crippen LogP contribution >= 0.6 is 0 Å². The summed E-state index contributed by atoms with van der Waals surface area (Å²) in [7, 11) is 0. The van der Waals surface area contributed by atoms with Crippen LogP contribution in [-0.2, 0) is 0 Å². The Labute approximate surface area is 134 Å². The lowest BCUT2D eigenvalue weighted by atomic mass is 9.75. The monoisotopic (exact) mass is 296 g/mol. The van der Waals surface area contributed by atoms with E-state index < -0.39 is 0 Å².